The van der Waals surface area contributed by atoms with E-state index >= 15 is 0 Å². The maximum absolute atomic E-state index is 2.36. The first kappa shape index (κ1) is 25.3. The molecule has 0 amide bonds. The minimum atomic E-state index is 0.797. The fraction of sp³-hybridized carbons (Fsp3) is 0.786. The number of unbranched alkanes of at least 4 members (excludes halogenated alkanes) is 15. The van der Waals surface area contributed by atoms with Crippen LogP contribution < -0.4 is 0 Å². The molecule has 0 aromatic heterocycles. The summed E-state index contributed by atoms with van der Waals surface area (Å²) in [5.41, 5.74) is 1.59. The molecular formula is C28H50. The molecule has 1 rings (SSSR count). The maximum atomic E-state index is 2.36. The Balaban J connectivity index is 2.15. The third-order valence-electron chi connectivity index (χ3n) is 6.33. The molecule has 162 valence electrons. The standard InChI is InChI=1S/C28H50/c1-3-5-7-9-11-13-15-17-20-24-27(28-25-21-18-22-26-28)23-19-16-14-12-10-8-6-4-2/h18,21-22,25-27H,3-17,19-20,23-24H2,1-2H3. The van der Waals surface area contributed by atoms with Crippen molar-refractivity contribution in [2.75, 3.05) is 0 Å². The van der Waals surface area contributed by atoms with Crippen molar-refractivity contribution in [2.45, 2.75) is 142 Å². The van der Waals surface area contributed by atoms with Crippen LogP contribution in [0.4, 0.5) is 0 Å². The van der Waals surface area contributed by atoms with Crippen molar-refractivity contribution in [3.63, 3.8) is 0 Å². The average molecular weight is 387 g/mol. The summed E-state index contributed by atoms with van der Waals surface area (Å²) in [4.78, 5) is 0. The molecule has 0 aliphatic rings. The summed E-state index contributed by atoms with van der Waals surface area (Å²) < 4.78 is 0. The summed E-state index contributed by atoms with van der Waals surface area (Å²) in [7, 11) is 0. The zero-order valence-corrected chi connectivity index (χ0v) is 19.4. The largest absolute Gasteiger partial charge is 0.0654 e. The van der Waals surface area contributed by atoms with Crippen LogP contribution in [0.2, 0.25) is 0 Å². The van der Waals surface area contributed by atoms with Crippen molar-refractivity contribution in [1.82, 2.24) is 0 Å². The predicted octanol–water partition coefficient (Wildman–Crippen LogP) is 10.2. The number of hydrogen-bond acceptors (Lipinski definition) is 0. The summed E-state index contributed by atoms with van der Waals surface area (Å²) in [6, 6.07) is 11.3. The zero-order chi connectivity index (χ0) is 20.1. The lowest BCUT2D eigenvalue weighted by Crippen LogP contribution is -1.99. The topological polar surface area (TPSA) is 0 Å². The van der Waals surface area contributed by atoms with Crippen LogP contribution in [0.25, 0.3) is 0 Å². The Bertz CT molecular complexity index is 407. The van der Waals surface area contributed by atoms with Gasteiger partial charge in [0.25, 0.3) is 0 Å². The molecule has 1 aromatic rings. The molecule has 1 atom stereocenters. The van der Waals surface area contributed by atoms with E-state index in [2.05, 4.69) is 44.2 Å². The second-order valence-electron chi connectivity index (χ2n) is 8.99. The number of hydrogen-bond donors (Lipinski definition) is 0. The third kappa shape index (κ3) is 14.3. The highest BCUT2D eigenvalue weighted by Gasteiger charge is 2.10. The lowest BCUT2D eigenvalue weighted by Gasteiger charge is -2.17. The smallest absolute Gasteiger partial charge is 0.0162 e. The van der Waals surface area contributed by atoms with Gasteiger partial charge >= 0.3 is 0 Å². The SMILES string of the molecule is CCCCCCCCCCCC(CCCCCCCCCC)c1ccccc1. The Labute approximate surface area is 177 Å². The van der Waals surface area contributed by atoms with Gasteiger partial charge < -0.3 is 0 Å². The Hall–Kier alpha value is -0.780. The van der Waals surface area contributed by atoms with Crippen LogP contribution in [0.15, 0.2) is 30.3 Å². The van der Waals surface area contributed by atoms with Gasteiger partial charge in [-0.3, -0.25) is 0 Å². The normalized spacial score (nSPS) is 12.4. The fourth-order valence-electron chi connectivity index (χ4n) is 4.43. The molecular weight excluding hydrogens is 336 g/mol. The number of benzene rings is 1. The van der Waals surface area contributed by atoms with E-state index in [1.165, 1.54) is 122 Å². The molecule has 0 aliphatic heterocycles. The molecule has 0 fully saturated rings. The minimum absolute atomic E-state index is 0.797. The molecule has 0 radical (unpaired) electrons. The average Bonchev–Trinajstić information content (AvgIpc) is 2.73. The van der Waals surface area contributed by atoms with E-state index < -0.39 is 0 Å². The van der Waals surface area contributed by atoms with Crippen LogP contribution in [0.3, 0.4) is 0 Å². The van der Waals surface area contributed by atoms with Crippen molar-refractivity contribution >= 4 is 0 Å². The Morgan fingerprint density at radius 1 is 0.464 bits per heavy atom. The lowest BCUT2D eigenvalue weighted by atomic mass is 9.88. The van der Waals surface area contributed by atoms with Crippen molar-refractivity contribution in [3.8, 4) is 0 Å². The molecule has 0 saturated heterocycles. The van der Waals surface area contributed by atoms with Crippen LogP contribution in [0.1, 0.15) is 147 Å². The van der Waals surface area contributed by atoms with E-state index in [9.17, 15) is 0 Å². The van der Waals surface area contributed by atoms with Crippen molar-refractivity contribution in [1.29, 1.82) is 0 Å². The van der Waals surface area contributed by atoms with Crippen LogP contribution in [0.5, 0.6) is 0 Å². The van der Waals surface area contributed by atoms with Crippen LogP contribution in [-0.4, -0.2) is 0 Å². The Morgan fingerprint density at radius 2 is 0.821 bits per heavy atom. The van der Waals surface area contributed by atoms with E-state index in [1.807, 2.05) is 0 Å². The van der Waals surface area contributed by atoms with Gasteiger partial charge in [-0.2, -0.15) is 0 Å². The lowest BCUT2D eigenvalue weighted by molar-refractivity contribution is 0.482. The summed E-state index contributed by atoms with van der Waals surface area (Å²) in [5, 5.41) is 0. The second-order valence-corrected chi connectivity index (χ2v) is 8.99. The first-order chi connectivity index (χ1) is 13.9. The molecule has 1 unspecified atom stereocenters. The third-order valence-corrected chi connectivity index (χ3v) is 6.33. The summed E-state index contributed by atoms with van der Waals surface area (Å²) >= 11 is 0. The van der Waals surface area contributed by atoms with Crippen molar-refractivity contribution in [2.24, 2.45) is 0 Å². The summed E-state index contributed by atoms with van der Waals surface area (Å²) in [6.07, 6.45) is 27.2. The van der Waals surface area contributed by atoms with E-state index in [1.54, 1.807) is 5.56 Å². The van der Waals surface area contributed by atoms with Crippen molar-refractivity contribution in [3.05, 3.63) is 35.9 Å². The monoisotopic (exact) mass is 386 g/mol. The van der Waals surface area contributed by atoms with Gasteiger partial charge in [-0.1, -0.05) is 153 Å². The van der Waals surface area contributed by atoms with Gasteiger partial charge in [-0.05, 0) is 24.3 Å². The zero-order valence-electron chi connectivity index (χ0n) is 19.4. The molecule has 1 aromatic carbocycles. The van der Waals surface area contributed by atoms with E-state index in [4.69, 9.17) is 0 Å². The molecule has 0 nitrogen and oxygen atoms in total. The van der Waals surface area contributed by atoms with Crippen LogP contribution in [-0.2, 0) is 0 Å². The molecule has 0 heteroatoms. The molecule has 0 bridgehead atoms. The second kappa shape index (κ2) is 19.5. The van der Waals surface area contributed by atoms with Gasteiger partial charge in [-0.15, -0.1) is 0 Å². The van der Waals surface area contributed by atoms with Crippen LogP contribution in [0, 0.1) is 0 Å². The molecule has 0 spiro atoms. The maximum Gasteiger partial charge on any atom is -0.0162 e. The molecule has 0 N–H and O–H groups in total. The minimum Gasteiger partial charge on any atom is -0.0654 e. The van der Waals surface area contributed by atoms with Gasteiger partial charge in [0.05, 0.1) is 0 Å². The quantitative estimate of drug-likeness (QED) is 0.195. The molecule has 0 heterocycles. The predicted molar refractivity (Wildman–Crippen MR) is 128 cm³/mol. The van der Waals surface area contributed by atoms with Gasteiger partial charge in [0.15, 0.2) is 0 Å². The first-order valence-electron chi connectivity index (χ1n) is 12.9. The Kier molecular flexibility index (Phi) is 17.6. The fourth-order valence-corrected chi connectivity index (χ4v) is 4.43. The van der Waals surface area contributed by atoms with Crippen LogP contribution >= 0.6 is 0 Å². The van der Waals surface area contributed by atoms with E-state index in [0.29, 0.717) is 0 Å². The molecule has 0 saturated carbocycles. The van der Waals surface area contributed by atoms with E-state index in [-0.39, 0.29) is 0 Å². The van der Waals surface area contributed by atoms with E-state index in [0.717, 1.165) is 5.92 Å². The van der Waals surface area contributed by atoms with Gasteiger partial charge in [0.1, 0.15) is 0 Å². The van der Waals surface area contributed by atoms with Gasteiger partial charge in [0, 0.05) is 0 Å². The molecule has 0 aliphatic carbocycles. The highest BCUT2D eigenvalue weighted by molar-refractivity contribution is 5.19. The molecule has 28 heavy (non-hydrogen) atoms. The van der Waals surface area contributed by atoms with Gasteiger partial charge in [0.2, 0.25) is 0 Å². The highest BCUT2D eigenvalue weighted by atomic mass is 14.2. The highest BCUT2D eigenvalue weighted by Crippen LogP contribution is 2.28. The number of rotatable bonds is 20. The Morgan fingerprint density at radius 3 is 1.21 bits per heavy atom. The summed E-state index contributed by atoms with van der Waals surface area (Å²) in [6.45, 7) is 4.61. The summed E-state index contributed by atoms with van der Waals surface area (Å²) in [5.74, 6) is 0.797. The van der Waals surface area contributed by atoms with Crippen molar-refractivity contribution < 1.29 is 0 Å². The first-order valence-corrected chi connectivity index (χ1v) is 12.9. The van der Waals surface area contributed by atoms with Gasteiger partial charge in [-0.25, -0.2) is 0 Å².